The van der Waals surface area contributed by atoms with E-state index in [4.69, 9.17) is 4.74 Å². The minimum absolute atomic E-state index is 0.0977. The SMILES string of the molecule is Cc1cccc(OCCCSC(=O)N(C)C)c1. The zero-order chi connectivity index (χ0) is 12.7. The van der Waals surface area contributed by atoms with Crippen LogP contribution >= 0.6 is 11.8 Å². The molecule has 0 saturated carbocycles. The number of carbonyl (C=O) groups is 1. The highest BCUT2D eigenvalue weighted by atomic mass is 32.2. The highest BCUT2D eigenvalue weighted by molar-refractivity contribution is 8.13. The van der Waals surface area contributed by atoms with Gasteiger partial charge in [0.25, 0.3) is 5.24 Å². The van der Waals surface area contributed by atoms with Gasteiger partial charge in [0.15, 0.2) is 0 Å². The first kappa shape index (κ1) is 13.9. The second kappa shape index (κ2) is 7.22. The molecule has 0 saturated heterocycles. The van der Waals surface area contributed by atoms with Crippen molar-refractivity contribution in [2.24, 2.45) is 0 Å². The average molecular weight is 253 g/mol. The fourth-order valence-corrected chi connectivity index (χ4v) is 1.94. The van der Waals surface area contributed by atoms with E-state index in [1.807, 2.05) is 31.2 Å². The number of benzene rings is 1. The maximum atomic E-state index is 11.3. The number of hydrogen-bond acceptors (Lipinski definition) is 3. The molecule has 0 bridgehead atoms. The van der Waals surface area contributed by atoms with Gasteiger partial charge in [0.2, 0.25) is 0 Å². The number of aryl methyl sites for hydroxylation is 1. The van der Waals surface area contributed by atoms with Crippen molar-refractivity contribution in [3.8, 4) is 5.75 Å². The molecule has 0 aliphatic rings. The third-order valence-electron chi connectivity index (χ3n) is 2.14. The van der Waals surface area contributed by atoms with Gasteiger partial charge in [-0.25, -0.2) is 0 Å². The highest BCUT2D eigenvalue weighted by Crippen LogP contribution is 2.13. The van der Waals surface area contributed by atoms with E-state index in [0.717, 1.165) is 17.9 Å². The summed E-state index contributed by atoms with van der Waals surface area (Å²) < 4.78 is 5.59. The summed E-state index contributed by atoms with van der Waals surface area (Å²) in [6, 6.07) is 7.98. The monoisotopic (exact) mass is 253 g/mol. The number of hydrogen-bond donors (Lipinski definition) is 0. The van der Waals surface area contributed by atoms with E-state index in [1.54, 1.807) is 19.0 Å². The Morgan fingerprint density at radius 3 is 2.82 bits per heavy atom. The molecule has 0 fully saturated rings. The van der Waals surface area contributed by atoms with Gasteiger partial charge in [0.05, 0.1) is 6.61 Å². The number of ether oxygens (including phenoxy) is 1. The molecule has 0 aliphatic carbocycles. The smallest absolute Gasteiger partial charge is 0.281 e. The van der Waals surface area contributed by atoms with Crippen molar-refractivity contribution in [3.05, 3.63) is 29.8 Å². The van der Waals surface area contributed by atoms with E-state index in [9.17, 15) is 4.79 Å². The lowest BCUT2D eigenvalue weighted by Gasteiger charge is -2.09. The highest BCUT2D eigenvalue weighted by Gasteiger charge is 2.03. The Balaban J connectivity index is 2.14. The fourth-order valence-electron chi connectivity index (χ4n) is 1.24. The van der Waals surface area contributed by atoms with E-state index < -0.39 is 0 Å². The van der Waals surface area contributed by atoms with E-state index >= 15 is 0 Å². The number of nitrogens with zero attached hydrogens (tertiary/aromatic N) is 1. The van der Waals surface area contributed by atoms with Gasteiger partial charge in [-0.15, -0.1) is 0 Å². The van der Waals surface area contributed by atoms with Crippen molar-refractivity contribution < 1.29 is 9.53 Å². The van der Waals surface area contributed by atoms with Gasteiger partial charge in [-0.3, -0.25) is 4.79 Å². The van der Waals surface area contributed by atoms with Crippen LogP contribution in [0.1, 0.15) is 12.0 Å². The molecule has 0 N–H and O–H groups in total. The minimum atomic E-state index is 0.0977. The standard InChI is InChI=1S/C13H19NO2S/c1-11-6-4-7-12(10-11)16-8-5-9-17-13(15)14(2)3/h4,6-7,10H,5,8-9H2,1-3H3. The minimum Gasteiger partial charge on any atom is -0.494 e. The van der Waals surface area contributed by atoms with Crippen LogP contribution in [-0.2, 0) is 0 Å². The molecule has 0 heterocycles. The Morgan fingerprint density at radius 2 is 2.18 bits per heavy atom. The molecule has 0 aromatic heterocycles. The van der Waals surface area contributed by atoms with Crippen LogP contribution in [0.15, 0.2) is 24.3 Å². The number of amides is 1. The molecule has 0 unspecified atom stereocenters. The Kier molecular flexibility index (Phi) is 5.91. The van der Waals surface area contributed by atoms with Crippen LogP contribution in [0.3, 0.4) is 0 Å². The predicted molar refractivity (Wildman–Crippen MR) is 72.8 cm³/mol. The van der Waals surface area contributed by atoms with Crippen LogP contribution < -0.4 is 4.74 Å². The van der Waals surface area contributed by atoms with Crippen molar-refractivity contribution >= 4 is 17.0 Å². The van der Waals surface area contributed by atoms with E-state index in [2.05, 4.69) is 0 Å². The van der Waals surface area contributed by atoms with Crippen LogP contribution in [0, 0.1) is 6.92 Å². The number of carbonyl (C=O) groups excluding carboxylic acids is 1. The van der Waals surface area contributed by atoms with Gasteiger partial charge in [0.1, 0.15) is 5.75 Å². The molecule has 4 heteroatoms. The van der Waals surface area contributed by atoms with Crippen LogP contribution in [0.2, 0.25) is 0 Å². The first-order valence-electron chi connectivity index (χ1n) is 5.63. The Bertz CT molecular complexity index is 366. The van der Waals surface area contributed by atoms with Crippen molar-refractivity contribution in [1.82, 2.24) is 4.90 Å². The second-order valence-electron chi connectivity index (χ2n) is 4.03. The summed E-state index contributed by atoms with van der Waals surface area (Å²) in [7, 11) is 3.52. The summed E-state index contributed by atoms with van der Waals surface area (Å²) in [4.78, 5) is 12.9. The fraction of sp³-hybridized carbons (Fsp3) is 0.462. The van der Waals surface area contributed by atoms with Gasteiger partial charge in [-0.05, 0) is 31.0 Å². The molecule has 0 atom stereocenters. The predicted octanol–water partition coefficient (Wildman–Crippen LogP) is 3.18. The molecule has 0 spiro atoms. The molecule has 0 radical (unpaired) electrons. The Hall–Kier alpha value is -1.16. The topological polar surface area (TPSA) is 29.5 Å². The van der Waals surface area contributed by atoms with Crippen LogP contribution in [0.5, 0.6) is 5.75 Å². The van der Waals surface area contributed by atoms with Gasteiger partial charge in [-0.1, -0.05) is 23.9 Å². The molecule has 94 valence electrons. The lowest BCUT2D eigenvalue weighted by molar-refractivity contribution is 0.241. The molecular formula is C13H19NO2S. The largest absolute Gasteiger partial charge is 0.494 e. The number of rotatable bonds is 5. The van der Waals surface area contributed by atoms with Crippen LogP contribution in [0.25, 0.3) is 0 Å². The van der Waals surface area contributed by atoms with Crippen LogP contribution in [-0.4, -0.2) is 36.6 Å². The van der Waals surface area contributed by atoms with Crippen molar-refractivity contribution in [2.75, 3.05) is 26.5 Å². The van der Waals surface area contributed by atoms with Crippen molar-refractivity contribution in [3.63, 3.8) is 0 Å². The van der Waals surface area contributed by atoms with Gasteiger partial charge in [-0.2, -0.15) is 0 Å². The molecule has 1 rings (SSSR count). The van der Waals surface area contributed by atoms with E-state index in [0.29, 0.717) is 6.61 Å². The maximum absolute atomic E-state index is 11.3. The third-order valence-corrected chi connectivity index (χ3v) is 3.24. The summed E-state index contributed by atoms with van der Waals surface area (Å²) in [5.41, 5.74) is 1.19. The van der Waals surface area contributed by atoms with Gasteiger partial charge in [0, 0.05) is 19.8 Å². The zero-order valence-electron chi connectivity index (χ0n) is 10.6. The summed E-state index contributed by atoms with van der Waals surface area (Å²) in [5.74, 6) is 1.69. The van der Waals surface area contributed by atoms with Gasteiger partial charge < -0.3 is 9.64 Å². The Morgan fingerprint density at radius 1 is 1.41 bits per heavy atom. The molecule has 17 heavy (non-hydrogen) atoms. The molecule has 3 nitrogen and oxygen atoms in total. The lowest BCUT2D eigenvalue weighted by atomic mass is 10.2. The summed E-state index contributed by atoms with van der Waals surface area (Å²) in [6.45, 7) is 2.69. The molecular weight excluding hydrogens is 234 g/mol. The Labute approximate surface area is 107 Å². The number of thioether (sulfide) groups is 1. The molecule has 1 aromatic carbocycles. The summed E-state index contributed by atoms with van der Waals surface area (Å²) in [6.07, 6.45) is 0.873. The van der Waals surface area contributed by atoms with E-state index in [1.165, 1.54) is 17.3 Å². The average Bonchev–Trinajstić information content (AvgIpc) is 2.28. The van der Waals surface area contributed by atoms with Crippen molar-refractivity contribution in [1.29, 1.82) is 0 Å². The van der Waals surface area contributed by atoms with Crippen LogP contribution in [0.4, 0.5) is 4.79 Å². The van der Waals surface area contributed by atoms with E-state index in [-0.39, 0.29) is 5.24 Å². The lowest BCUT2D eigenvalue weighted by Crippen LogP contribution is -2.17. The first-order chi connectivity index (χ1) is 8.09. The second-order valence-corrected chi connectivity index (χ2v) is 5.07. The molecule has 1 aromatic rings. The van der Waals surface area contributed by atoms with Crippen molar-refractivity contribution in [2.45, 2.75) is 13.3 Å². The molecule has 1 amide bonds. The van der Waals surface area contributed by atoms with Gasteiger partial charge >= 0.3 is 0 Å². The quantitative estimate of drug-likeness (QED) is 0.755. The summed E-state index contributed by atoms with van der Waals surface area (Å²) in [5, 5.41) is 0.0977. The maximum Gasteiger partial charge on any atom is 0.281 e. The zero-order valence-corrected chi connectivity index (χ0v) is 11.4. The molecule has 0 aliphatic heterocycles. The normalized spacial score (nSPS) is 10.1. The third kappa shape index (κ3) is 5.63. The summed E-state index contributed by atoms with van der Waals surface area (Å²) >= 11 is 1.33. The first-order valence-corrected chi connectivity index (χ1v) is 6.61.